The molecular formula is C40H27N3. The number of benzene rings is 6. The molecule has 0 amide bonds. The Morgan fingerprint density at radius 1 is 0.488 bits per heavy atom. The van der Waals surface area contributed by atoms with Gasteiger partial charge in [0.2, 0.25) is 0 Å². The topological polar surface area (TPSA) is 30.2 Å². The second kappa shape index (κ2) is 8.98. The molecule has 0 atom stereocenters. The Labute approximate surface area is 248 Å². The van der Waals surface area contributed by atoms with E-state index < -0.39 is 0 Å². The smallest absolute Gasteiger partial charge is 0.146 e. The van der Waals surface area contributed by atoms with Crippen LogP contribution in [0.2, 0.25) is 0 Å². The van der Waals surface area contributed by atoms with Crippen LogP contribution in [0, 0.1) is 13.8 Å². The number of para-hydroxylation sites is 2. The van der Waals surface area contributed by atoms with Crippen molar-refractivity contribution in [3.8, 4) is 22.4 Å². The summed E-state index contributed by atoms with van der Waals surface area (Å²) in [5.41, 5.74) is 12.3. The minimum atomic E-state index is 0.991. The molecule has 202 valence electrons. The van der Waals surface area contributed by atoms with E-state index >= 15 is 0 Å². The number of aromatic nitrogens is 3. The van der Waals surface area contributed by atoms with Gasteiger partial charge in [-0.25, -0.2) is 9.97 Å². The van der Waals surface area contributed by atoms with Crippen LogP contribution >= 0.6 is 0 Å². The summed E-state index contributed by atoms with van der Waals surface area (Å²) in [5.74, 6) is 0. The largest absolute Gasteiger partial charge is 0.292 e. The lowest BCUT2D eigenvalue weighted by atomic mass is 9.90. The van der Waals surface area contributed by atoms with Crippen LogP contribution in [-0.4, -0.2) is 14.4 Å². The maximum atomic E-state index is 5.21. The average molecular weight is 550 g/mol. The molecule has 0 N–H and O–H groups in total. The molecule has 0 aliphatic heterocycles. The van der Waals surface area contributed by atoms with E-state index in [9.17, 15) is 0 Å². The second-order valence-corrected chi connectivity index (χ2v) is 11.6. The van der Waals surface area contributed by atoms with E-state index in [4.69, 9.17) is 9.97 Å². The molecule has 43 heavy (non-hydrogen) atoms. The third-order valence-corrected chi connectivity index (χ3v) is 8.90. The summed E-state index contributed by atoms with van der Waals surface area (Å²) in [5, 5.41) is 7.33. The fourth-order valence-electron chi connectivity index (χ4n) is 6.89. The number of imidazole rings is 1. The first kappa shape index (κ1) is 24.1. The average Bonchev–Trinajstić information content (AvgIpc) is 3.44. The molecule has 0 radical (unpaired) electrons. The Kier molecular flexibility index (Phi) is 5.03. The third kappa shape index (κ3) is 3.55. The maximum Gasteiger partial charge on any atom is 0.146 e. The molecule has 0 aliphatic carbocycles. The monoisotopic (exact) mass is 549 g/mol. The maximum absolute atomic E-state index is 5.21. The second-order valence-electron chi connectivity index (χ2n) is 11.6. The quantitative estimate of drug-likeness (QED) is 0.201. The van der Waals surface area contributed by atoms with Crippen LogP contribution in [0.3, 0.4) is 0 Å². The molecule has 3 heterocycles. The Bertz CT molecular complexity index is 2580. The summed E-state index contributed by atoms with van der Waals surface area (Å²) in [6.07, 6.45) is 0. The Morgan fingerprint density at radius 3 is 2.16 bits per heavy atom. The number of aryl methyl sites for hydroxylation is 2. The SMILES string of the molecule is Cc1ccc2c(c1)c1c3ccccc3c(-c3ccc4nc(-c5ccccc5)cc(C)c4c3)cc1c1nc3ccccc3n21. The van der Waals surface area contributed by atoms with Crippen molar-refractivity contribution in [3.63, 3.8) is 0 Å². The van der Waals surface area contributed by atoms with Gasteiger partial charge in [0.15, 0.2) is 0 Å². The molecule has 0 spiro atoms. The summed E-state index contributed by atoms with van der Waals surface area (Å²) in [6.45, 7) is 4.36. The van der Waals surface area contributed by atoms with Gasteiger partial charge in [-0.2, -0.15) is 0 Å². The summed E-state index contributed by atoms with van der Waals surface area (Å²) < 4.78 is 2.34. The van der Waals surface area contributed by atoms with Crippen molar-refractivity contribution in [2.45, 2.75) is 13.8 Å². The van der Waals surface area contributed by atoms with Gasteiger partial charge in [-0.05, 0) is 89.8 Å². The van der Waals surface area contributed by atoms with Crippen molar-refractivity contribution in [2.75, 3.05) is 0 Å². The van der Waals surface area contributed by atoms with E-state index in [1.807, 2.05) is 6.07 Å². The van der Waals surface area contributed by atoms with Crippen LogP contribution in [0.25, 0.3) is 82.4 Å². The molecule has 0 unspecified atom stereocenters. The van der Waals surface area contributed by atoms with Crippen molar-refractivity contribution in [1.82, 2.24) is 14.4 Å². The highest BCUT2D eigenvalue weighted by molar-refractivity contribution is 6.26. The number of hydrogen-bond acceptors (Lipinski definition) is 2. The van der Waals surface area contributed by atoms with Crippen LogP contribution in [-0.2, 0) is 0 Å². The molecular weight excluding hydrogens is 522 g/mol. The Balaban J connectivity index is 1.39. The number of rotatable bonds is 2. The van der Waals surface area contributed by atoms with Crippen molar-refractivity contribution in [1.29, 1.82) is 0 Å². The zero-order valence-electron chi connectivity index (χ0n) is 24.0. The highest BCUT2D eigenvalue weighted by Gasteiger charge is 2.18. The standard InChI is InChI=1S/C40H27N3/c1-24-16-19-37-32(20-24)39-29-13-7-6-12-28(29)31(23-33(39)40-42-35-14-8-9-15-38(35)43(37)40)27-17-18-34-30(22-27)25(2)21-36(41-34)26-10-4-3-5-11-26/h3-23H,1-2H3. The fourth-order valence-corrected chi connectivity index (χ4v) is 6.89. The molecule has 9 aromatic rings. The Hall–Kier alpha value is -5.54. The minimum absolute atomic E-state index is 0.991. The first-order valence-corrected chi connectivity index (χ1v) is 14.8. The highest BCUT2D eigenvalue weighted by atomic mass is 15.0. The summed E-state index contributed by atoms with van der Waals surface area (Å²) in [6, 6.07) is 45.7. The molecule has 6 aromatic carbocycles. The fraction of sp³-hybridized carbons (Fsp3) is 0.0500. The molecule has 0 saturated carbocycles. The van der Waals surface area contributed by atoms with Crippen molar-refractivity contribution >= 4 is 60.0 Å². The Morgan fingerprint density at radius 2 is 1.28 bits per heavy atom. The molecule has 3 aromatic heterocycles. The van der Waals surface area contributed by atoms with Gasteiger partial charge in [-0.3, -0.25) is 4.40 Å². The molecule has 3 heteroatoms. The van der Waals surface area contributed by atoms with E-state index in [-0.39, 0.29) is 0 Å². The van der Waals surface area contributed by atoms with Gasteiger partial charge in [0.1, 0.15) is 5.65 Å². The number of pyridine rings is 2. The predicted octanol–water partition coefficient (Wildman–Crippen LogP) is 10.4. The molecule has 0 fully saturated rings. The lowest BCUT2D eigenvalue weighted by molar-refractivity contribution is 1.31. The van der Waals surface area contributed by atoms with Gasteiger partial charge in [-0.15, -0.1) is 0 Å². The normalized spacial score (nSPS) is 12.0. The first-order chi connectivity index (χ1) is 21.1. The first-order valence-electron chi connectivity index (χ1n) is 14.8. The molecule has 0 bridgehead atoms. The van der Waals surface area contributed by atoms with Crippen LogP contribution in [0.5, 0.6) is 0 Å². The van der Waals surface area contributed by atoms with E-state index in [0.29, 0.717) is 0 Å². The molecule has 3 nitrogen and oxygen atoms in total. The van der Waals surface area contributed by atoms with Crippen molar-refractivity contribution in [3.05, 3.63) is 139 Å². The lowest BCUT2D eigenvalue weighted by Gasteiger charge is -2.16. The van der Waals surface area contributed by atoms with E-state index in [0.717, 1.165) is 38.8 Å². The predicted molar refractivity (Wildman–Crippen MR) is 181 cm³/mol. The summed E-state index contributed by atoms with van der Waals surface area (Å²) in [4.78, 5) is 10.3. The van der Waals surface area contributed by atoms with Crippen molar-refractivity contribution in [2.24, 2.45) is 0 Å². The van der Waals surface area contributed by atoms with E-state index in [1.165, 1.54) is 54.7 Å². The van der Waals surface area contributed by atoms with Crippen LogP contribution in [0.4, 0.5) is 0 Å². The zero-order chi connectivity index (χ0) is 28.7. The number of hydrogen-bond donors (Lipinski definition) is 0. The molecule has 9 rings (SSSR count). The lowest BCUT2D eigenvalue weighted by Crippen LogP contribution is -1.95. The number of nitrogens with zero attached hydrogens (tertiary/aromatic N) is 3. The van der Waals surface area contributed by atoms with Gasteiger partial charge < -0.3 is 0 Å². The van der Waals surface area contributed by atoms with Crippen molar-refractivity contribution < 1.29 is 0 Å². The molecule has 0 aliphatic rings. The van der Waals surface area contributed by atoms with Gasteiger partial charge >= 0.3 is 0 Å². The van der Waals surface area contributed by atoms with E-state index in [2.05, 4.69) is 140 Å². The van der Waals surface area contributed by atoms with Crippen LogP contribution < -0.4 is 0 Å². The molecule has 0 saturated heterocycles. The zero-order valence-corrected chi connectivity index (χ0v) is 24.0. The third-order valence-electron chi connectivity index (χ3n) is 8.90. The summed E-state index contributed by atoms with van der Waals surface area (Å²) in [7, 11) is 0. The van der Waals surface area contributed by atoms with Gasteiger partial charge in [-0.1, -0.05) is 84.4 Å². The summed E-state index contributed by atoms with van der Waals surface area (Å²) >= 11 is 0. The van der Waals surface area contributed by atoms with Crippen LogP contribution in [0.1, 0.15) is 11.1 Å². The minimum Gasteiger partial charge on any atom is -0.292 e. The van der Waals surface area contributed by atoms with Gasteiger partial charge in [0, 0.05) is 27.1 Å². The number of fused-ring (bicyclic) bond motifs is 11. The van der Waals surface area contributed by atoms with Gasteiger partial charge in [0.25, 0.3) is 0 Å². The van der Waals surface area contributed by atoms with Crippen LogP contribution in [0.15, 0.2) is 127 Å². The van der Waals surface area contributed by atoms with E-state index in [1.54, 1.807) is 0 Å². The van der Waals surface area contributed by atoms with Gasteiger partial charge in [0.05, 0.1) is 27.8 Å². The highest BCUT2D eigenvalue weighted by Crippen LogP contribution is 2.42.